The smallest absolute Gasteiger partial charge is 0.278 e. The summed E-state index contributed by atoms with van der Waals surface area (Å²) in [6, 6.07) is 10.0. The molecule has 0 aromatic heterocycles. The van der Waals surface area contributed by atoms with Crippen LogP contribution < -0.4 is 5.43 Å². The number of benzene rings is 2. The number of halogens is 1. The summed E-state index contributed by atoms with van der Waals surface area (Å²) >= 11 is 5.70. The molecule has 0 unspecified atom stereocenters. The minimum atomic E-state index is -0.590. The molecule has 0 aliphatic carbocycles. The molecule has 2 aromatic rings. The van der Waals surface area contributed by atoms with Crippen molar-refractivity contribution in [1.82, 2.24) is 0 Å². The summed E-state index contributed by atoms with van der Waals surface area (Å²) in [5, 5.41) is 25.3. The average Bonchev–Trinajstić information content (AvgIpc) is 2.49. The molecule has 0 spiro atoms. The number of hydrogen-bond donors (Lipinski definition) is 1. The Labute approximate surface area is 129 Å². The lowest BCUT2D eigenvalue weighted by Gasteiger charge is -2.00. The molecule has 0 aliphatic rings. The van der Waals surface area contributed by atoms with Crippen LogP contribution in [0.3, 0.4) is 0 Å². The van der Waals surface area contributed by atoms with E-state index in [1.54, 1.807) is 12.1 Å². The number of anilines is 1. The van der Waals surface area contributed by atoms with Crippen LogP contribution >= 0.6 is 11.6 Å². The van der Waals surface area contributed by atoms with Crippen LogP contribution in [0, 0.1) is 20.2 Å². The largest absolute Gasteiger partial charge is 0.288 e. The van der Waals surface area contributed by atoms with Gasteiger partial charge in [0.05, 0.1) is 21.7 Å². The molecule has 2 aromatic carbocycles. The van der Waals surface area contributed by atoms with Gasteiger partial charge in [0.1, 0.15) is 5.02 Å². The van der Waals surface area contributed by atoms with E-state index in [0.29, 0.717) is 11.3 Å². The summed E-state index contributed by atoms with van der Waals surface area (Å²) in [5.74, 6) is 0. The van der Waals surface area contributed by atoms with E-state index in [1.165, 1.54) is 36.5 Å². The Bertz CT molecular complexity index is 763. The molecule has 9 heteroatoms. The lowest BCUT2D eigenvalue weighted by Crippen LogP contribution is -1.94. The lowest BCUT2D eigenvalue weighted by molar-refractivity contribution is -0.384. The first kappa shape index (κ1) is 15.4. The minimum absolute atomic E-state index is 0.0359. The fourth-order valence-electron chi connectivity index (χ4n) is 1.62. The fourth-order valence-corrected chi connectivity index (χ4v) is 1.81. The molecule has 0 aliphatic heterocycles. The highest BCUT2D eigenvalue weighted by atomic mass is 35.5. The lowest BCUT2D eigenvalue weighted by atomic mass is 10.2. The number of nitrogens with one attached hydrogen (secondary N) is 1. The van der Waals surface area contributed by atoms with Crippen molar-refractivity contribution in [2.75, 3.05) is 5.43 Å². The maximum Gasteiger partial charge on any atom is 0.288 e. The van der Waals surface area contributed by atoms with Gasteiger partial charge in [0, 0.05) is 23.8 Å². The summed E-state index contributed by atoms with van der Waals surface area (Å²) < 4.78 is 0. The second-order valence-corrected chi connectivity index (χ2v) is 4.55. The van der Waals surface area contributed by atoms with Crippen LogP contribution in [0.1, 0.15) is 5.56 Å². The van der Waals surface area contributed by atoms with Gasteiger partial charge >= 0.3 is 0 Å². The van der Waals surface area contributed by atoms with Crippen LogP contribution in [-0.2, 0) is 0 Å². The number of hydrogen-bond acceptors (Lipinski definition) is 6. The number of nitro groups is 2. The highest BCUT2D eigenvalue weighted by Crippen LogP contribution is 2.24. The first-order chi connectivity index (χ1) is 10.5. The van der Waals surface area contributed by atoms with Crippen molar-refractivity contribution < 1.29 is 9.85 Å². The van der Waals surface area contributed by atoms with E-state index in [2.05, 4.69) is 10.5 Å². The van der Waals surface area contributed by atoms with Crippen molar-refractivity contribution in [1.29, 1.82) is 0 Å². The minimum Gasteiger partial charge on any atom is -0.278 e. The molecule has 0 amide bonds. The second kappa shape index (κ2) is 6.64. The van der Waals surface area contributed by atoms with Crippen LogP contribution in [0.2, 0.25) is 5.02 Å². The molecule has 0 saturated heterocycles. The zero-order chi connectivity index (χ0) is 16.1. The third-order valence-corrected chi connectivity index (χ3v) is 2.95. The molecule has 8 nitrogen and oxygen atoms in total. The first-order valence-electron chi connectivity index (χ1n) is 5.95. The van der Waals surface area contributed by atoms with Crippen molar-refractivity contribution in [2.24, 2.45) is 5.10 Å². The third-order valence-electron chi connectivity index (χ3n) is 2.63. The monoisotopic (exact) mass is 320 g/mol. The van der Waals surface area contributed by atoms with Gasteiger partial charge in [0.2, 0.25) is 0 Å². The van der Waals surface area contributed by atoms with Crippen molar-refractivity contribution >= 4 is 34.9 Å². The van der Waals surface area contributed by atoms with Gasteiger partial charge in [-0.05, 0) is 12.1 Å². The molecule has 0 fully saturated rings. The van der Waals surface area contributed by atoms with Gasteiger partial charge in [0.15, 0.2) is 0 Å². The van der Waals surface area contributed by atoms with Crippen LogP contribution in [0.15, 0.2) is 47.6 Å². The molecule has 2 rings (SSSR count). The van der Waals surface area contributed by atoms with Crippen LogP contribution in [0.5, 0.6) is 0 Å². The zero-order valence-corrected chi connectivity index (χ0v) is 11.7. The van der Waals surface area contributed by atoms with Gasteiger partial charge < -0.3 is 0 Å². The van der Waals surface area contributed by atoms with Gasteiger partial charge in [0.25, 0.3) is 11.4 Å². The van der Waals surface area contributed by atoms with Crippen molar-refractivity contribution in [3.63, 3.8) is 0 Å². The van der Waals surface area contributed by atoms with E-state index in [4.69, 9.17) is 11.6 Å². The van der Waals surface area contributed by atoms with E-state index in [1.807, 2.05) is 0 Å². The second-order valence-electron chi connectivity index (χ2n) is 4.15. The van der Waals surface area contributed by atoms with Gasteiger partial charge in [-0.3, -0.25) is 25.7 Å². The number of nitrogens with zero attached hydrogens (tertiary/aromatic N) is 3. The Morgan fingerprint density at radius 3 is 2.55 bits per heavy atom. The summed E-state index contributed by atoms with van der Waals surface area (Å²) in [7, 11) is 0. The molecule has 0 saturated carbocycles. The average molecular weight is 321 g/mol. The summed E-state index contributed by atoms with van der Waals surface area (Å²) in [4.78, 5) is 20.3. The zero-order valence-electron chi connectivity index (χ0n) is 11.0. The topological polar surface area (TPSA) is 111 Å². The van der Waals surface area contributed by atoms with E-state index < -0.39 is 9.85 Å². The Hall–Kier alpha value is -3.00. The Morgan fingerprint density at radius 1 is 1.09 bits per heavy atom. The molecule has 22 heavy (non-hydrogen) atoms. The number of hydrazone groups is 1. The van der Waals surface area contributed by atoms with E-state index in [9.17, 15) is 20.2 Å². The molecule has 112 valence electrons. The van der Waals surface area contributed by atoms with Crippen molar-refractivity contribution in [2.45, 2.75) is 0 Å². The molecule has 0 heterocycles. The number of non-ortho nitro benzene ring substituents is 1. The molecule has 1 N–H and O–H groups in total. The van der Waals surface area contributed by atoms with Gasteiger partial charge in [-0.25, -0.2) is 0 Å². The fraction of sp³-hybridized carbons (Fsp3) is 0. The number of rotatable bonds is 5. The van der Waals surface area contributed by atoms with E-state index in [0.717, 1.165) is 0 Å². The predicted octanol–water partition coefficient (Wildman–Crippen LogP) is 3.60. The maximum absolute atomic E-state index is 10.8. The Morgan fingerprint density at radius 2 is 1.86 bits per heavy atom. The molecular formula is C13H9ClN4O4. The van der Waals surface area contributed by atoms with Gasteiger partial charge in [-0.15, -0.1) is 0 Å². The molecule has 0 atom stereocenters. The number of nitro benzene ring substituents is 2. The van der Waals surface area contributed by atoms with E-state index in [-0.39, 0.29) is 16.4 Å². The predicted molar refractivity (Wildman–Crippen MR) is 82.4 cm³/mol. The highest BCUT2D eigenvalue weighted by Gasteiger charge is 2.11. The normalized spacial score (nSPS) is 10.6. The quantitative estimate of drug-likeness (QED) is 0.514. The molecule has 0 bridgehead atoms. The Balaban J connectivity index is 2.13. The van der Waals surface area contributed by atoms with Gasteiger partial charge in [-0.1, -0.05) is 23.7 Å². The summed E-state index contributed by atoms with van der Waals surface area (Å²) in [5.41, 5.74) is 3.22. The van der Waals surface area contributed by atoms with Crippen molar-refractivity contribution in [3.8, 4) is 0 Å². The van der Waals surface area contributed by atoms with Gasteiger partial charge in [-0.2, -0.15) is 5.10 Å². The summed E-state index contributed by atoms with van der Waals surface area (Å²) in [6.07, 6.45) is 1.35. The Kier molecular flexibility index (Phi) is 4.64. The highest BCUT2D eigenvalue weighted by molar-refractivity contribution is 6.32. The molecular weight excluding hydrogens is 312 g/mol. The van der Waals surface area contributed by atoms with Crippen LogP contribution in [0.25, 0.3) is 0 Å². The van der Waals surface area contributed by atoms with Crippen LogP contribution in [0.4, 0.5) is 17.1 Å². The molecule has 0 radical (unpaired) electrons. The standard InChI is InChI=1S/C13H9ClN4O4/c14-12-5-4-9(6-13(12)18(21)22)8-15-16-10-2-1-3-11(7-10)17(19)20/h1-8,16H. The summed E-state index contributed by atoms with van der Waals surface area (Å²) in [6.45, 7) is 0. The van der Waals surface area contributed by atoms with Crippen molar-refractivity contribution in [3.05, 3.63) is 73.3 Å². The first-order valence-corrected chi connectivity index (χ1v) is 6.32. The maximum atomic E-state index is 10.8. The van der Waals surface area contributed by atoms with Crippen LogP contribution in [-0.4, -0.2) is 16.1 Å². The van der Waals surface area contributed by atoms with E-state index >= 15 is 0 Å². The SMILES string of the molecule is O=[N+]([O-])c1cccc(NN=Cc2ccc(Cl)c([N+](=O)[O-])c2)c1. The third kappa shape index (κ3) is 3.76.